The van der Waals surface area contributed by atoms with Crippen LogP contribution in [0.2, 0.25) is 0 Å². The van der Waals surface area contributed by atoms with Crippen LogP contribution in [0.3, 0.4) is 0 Å². The molecule has 0 aliphatic carbocycles. The Morgan fingerprint density at radius 2 is 1.79 bits per heavy atom. The molecule has 8 nitrogen and oxygen atoms in total. The standard InChI is InChI=1S/C30H37FN4O4/c1-18-12-21(31)13-19(2)29(18)39-26-7-6-20(30(3,4)38)14-23(26)24-17-35(5)28(37)15-25(24)33-16-27(36)34-22-8-10-32-11-9-22/h6-7,12-15,17,22,32-33,38H,8-11,16H2,1-5H3,(H,34,36). The number of aromatic nitrogens is 1. The number of carbonyl (C=O) groups is 1. The summed E-state index contributed by atoms with van der Waals surface area (Å²) in [4.78, 5) is 25.3. The molecule has 39 heavy (non-hydrogen) atoms. The number of hydrogen-bond donors (Lipinski definition) is 4. The van der Waals surface area contributed by atoms with Crippen molar-refractivity contribution in [2.24, 2.45) is 7.05 Å². The van der Waals surface area contributed by atoms with E-state index in [2.05, 4.69) is 16.0 Å². The number of nitrogens with one attached hydrogen (secondary N) is 3. The zero-order valence-corrected chi connectivity index (χ0v) is 23.2. The highest BCUT2D eigenvalue weighted by Gasteiger charge is 2.22. The van der Waals surface area contributed by atoms with Crippen LogP contribution in [0.25, 0.3) is 11.1 Å². The van der Waals surface area contributed by atoms with E-state index in [1.165, 1.54) is 22.8 Å². The molecule has 0 bridgehead atoms. The maximum absolute atomic E-state index is 13.9. The summed E-state index contributed by atoms with van der Waals surface area (Å²) >= 11 is 0. The number of aryl methyl sites for hydroxylation is 3. The normalized spacial score (nSPS) is 14.2. The van der Waals surface area contributed by atoms with E-state index in [1.807, 2.05) is 6.07 Å². The molecule has 0 saturated carbocycles. The average molecular weight is 537 g/mol. The first kappa shape index (κ1) is 28.3. The van der Waals surface area contributed by atoms with Crippen LogP contribution in [-0.2, 0) is 17.4 Å². The molecule has 1 aliphatic rings. The maximum atomic E-state index is 13.9. The van der Waals surface area contributed by atoms with Crippen LogP contribution in [0.4, 0.5) is 10.1 Å². The second kappa shape index (κ2) is 11.6. The summed E-state index contributed by atoms with van der Waals surface area (Å²) in [6, 6.07) is 9.72. The Bertz CT molecular complexity index is 1400. The Labute approximate surface area is 228 Å². The van der Waals surface area contributed by atoms with Crippen LogP contribution >= 0.6 is 0 Å². The van der Waals surface area contributed by atoms with Crippen LogP contribution in [-0.4, -0.2) is 41.3 Å². The van der Waals surface area contributed by atoms with Gasteiger partial charge in [-0.2, -0.15) is 0 Å². The van der Waals surface area contributed by atoms with Gasteiger partial charge in [-0.25, -0.2) is 4.39 Å². The van der Waals surface area contributed by atoms with Crippen molar-refractivity contribution in [1.29, 1.82) is 0 Å². The summed E-state index contributed by atoms with van der Waals surface area (Å²) in [7, 11) is 1.65. The van der Waals surface area contributed by atoms with Gasteiger partial charge >= 0.3 is 0 Å². The third-order valence-electron chi connectivity index (χ3n) is 6.99. The molecule has 1 aromatic heterocycles. The molecule has 1 aliphatic heterocycles. The van der Waals surface area contributed by atoms with E-state index in [9.17, 15) is 19.1 Å². The molecule has 1 amide bonds. The lowest BCUT2D eigenvalue weighted by Crippen LogP contribution is -2.44. The van der Waals surface area contributed by atoms with Gasteiger partial charge < -0.3 is 30.4 Å². The van der Waals surface area contributed by atoms with Crippen LogP contribution in [0.1, 0.15) is 43.4 Å². The fourth-order valence-corrected chi connectivity index (χ4v) is 4.79. The first-order chi connectivity index (χ1) is 18.4. The number of carbonyl (C=O) groups excluding carboxylic acids is 1. The predicted octanol–water partition coefficient (Wildman–Crippen LogP) is 4.11. The number of anilines is 1. The topological polar surface area (TPSA) is 105 Å². The van der Waals surface area contributed by atoms with Crippen LogP contribution in [0, 0.1) is 19.7 Å². The fraction of sp³-hybridized carbons (Fsp3) is 0.400. The number of pyridine rings is 1. The molecule has 9 heteroatoms. The van der Waals surface area contributed by atoms with Crippen molar-refractivity contribution < 1.29 is 19.0 Å². The maximum Gasteiger partial charge on any atom is 0.252 e. The summed E-state index contributed by atoms with van der Waals surface area (Å²) in [5.74, 6) is 0.478. The molecule has 2 heterocycles. The second-order valence-corrected chi connectivity index (χ2v) is 10.7. The molecule has 3 aromatic rings. The Balaban J connectivity index is 1.74. The van der Waals surface area contributed by atoms with E-state index in [1.54, 1.807) is 53.1 Å². The Morgan fingerprint density at radius 1 is 1.13 bits per heavy atom. The van der Waals surface area contributed by atoms with Crippen molar-refractivity contribution in [2.45, 2.75) is 52.2 Å². The van der Waals surface area contributed by atoms with Crippen LogP contribution in [0.15, 0.2) is 47.4 Å². The molecule has 0 atom stereocenters. The molecule has 0 spiro atoms. The van der Waals surface area contributed by atoms with Crippen molar-refractivity contribution in [3.8, 4) is 22.6 Å². The number of aliphatic hydroxyl groups is 1. The number of nitrogens with zero attached hydrogens (tertiary/aromatic N) is 1. The molecule has 1 fully saturated rings. The molecular weight excluding hydrogens is 499 g/mol. The average Bonchev–Trinajstić information content (AvgIpc) is 2.86. The van der Waals surface area contributed by atoms with E-state index >= 15 is 0 Å². The van der Waals surface area contributed by atoms with Crippen LogP contribution < -0.4 is 26.2 Å². The monoisotopic (exact) mass is 536 g/mol. The third-order valence-corrected chi connectivity index (χ3v) is 6.99. The smallest absolute Gasteiger partial charge is 0.252 e. The van der Waals surface area contributed by atoms with E-state index in [4.69, 9.17) is 4.74 Å². The van der Waals surface area contributed by atoms with Crippen molar-refractivity contribution in [1.82, 2.24) is 15.2 Å². The number of rotatable bonds is 8. The van der Waals surface area contributed by atoms with Crippen LogP contribution in [0.5, 0.6) is 11.5 Å². The minimum Gasteiger partial charge on any atom is -0.456 e. The zero-order chi connectivity index (χ0) is 28.3. The molecule has 4 N–H and O–H groups in total. The lowest BCUT2D eigenvalue weighted by Gasteiger charge is -2.24. The lowest BCUT2D eigenvalue weighted by atomic mass is 9.93. The number of piperidine rings is 1. The summed E-state index contributed by atoms with van der Waals surface area (Å²) in [6.45, 7) is 8.64. The Morgan fingerprint density at radius 3 is 2.44 bits per heavy atom. The number of ether oxygens (including phenoxy) is 1. The zero-order valence-electron chi connectivity index (χ0n) is 23.2. The summed E-state index contributed by atoms with van der Waals surface area (Å²) in [5, 5.41) is 20.2. The van der Waals surface area contributed by atoms with E-state index < -0.39 is 5.60 Å². The van der Waals surface area contributed by atoms with Gasteiger partial charge in [0.15, 0.2) is 0 Å². The minimum absolute atomic E-state index is 0.0123. The molecule has 2 aromatic carbocycles. The Hall–Kier alpha value is -3.69. The second-order valence-electron chi connectivity index (χ2n) is 10.7. The summed E-state index contributed by atoms with van der Waals surface area (Å²) < 4.78 is 21.7. The number of halogens is 1. The summed E-state index contributed by atoms with van der Waals surface area (Å²) in [6.07, 6.45) is 3.42. The third kappa shape index (κ3) is 6.85. The molecule has 208 valence electrons. The van der Waals surface area contributed by atoms with Crippen molar-refractivity contribution in [3.63, 3.8) is 0 Å². The summed E-state index contributed by atoms with van der Waals surface area (Å²) in [5.41, 5.74) is 2.21. The first-order valence-corrected chi connectivity index (χ1v) is 13.2. The molecule has 1 saturated heterocycles. The minimum atomic E-state index is -1.14. The largest absolute Gasteiger partial charge is 0.456 e. The number of benzene rings is 2. The molecular formula is C30H37FN4O4. The quantitative estimate of drug-likeness (QED) is 0.346. The molecule has 0 unspecified atom stereocenters. The predicted molar refractivity (Wildman–Crippen MR) is 151 cm³/mol. The van der Waals surface area contributed by atoms with Gasteiger partial charge in [0.05, 0.1) is 12.1 Å². The number of hydrogen-bond acceptors (Lipinski definition) is 6. The van der Waals surface area contributed by atoms with E-state index in [-0.39, 0.29) is 29.9 Å². The van der Waals surface area contributed by atoms with Gasteiger partial charge in [-0.1, -0.05) is 6.07 Å². The highest BCUT2D eigenvalue weighted by atomic mass is 19.1. The molecule has 0 radical (unpaired) electrons. The van der Waals surface area contributed by atoms with E-state index in [0.29, 0.717) is 45.0 Å². The Kier molecular flexibility index (Phi) is 8.42. The van der Waals surface area contributed by atoms with Crippen molar-refractivity contribution >= 4 is 11.6 Å². The highest BCUT2D eigenvalue weighted by Crippen LogP contribution is 2.40. The van der Waals surface area contributed by atoms with Gasteiger partial charge in [0.1, 0.15) is 17.3 Å². The van der Waals surface area contributed by atoms with Gasteiger partial charge in [-0.3, -0.25) is 9.59 Å². The highest BCUT2D eigenvalue weighted by molar-refractivity contribution is 5.86. The van der Waals surface area contributed by atoms with Gasteiger partial charge in [0.2, 0.25) is 5.91 Å². The first-order valence-electron chi connectivity index (χ1n) is 13.2. The molecule has 4 rings (SSSR count). The number of amides is 1. The van der Waals surface area contributed by atoms with Gasteiger partial charge in [-0.15, -0.1) is 0 Å². The fourth-order valence-electron chi connectivity index (χ4n) is 4.79. The van der Waals surface area contributed by atoms with E-state index in [0.717, 1.165) is 25.9 Å². The van der Waals surface area contributed by atoms with Gasteiger partial charge in [-0.05, 0) is 94.6 Å². The van der Waals surface area contributed by atoms with Crippen molar-refractivity contribution in [2.75, 3.05) is 25.0 Å². The van der Waals surface area contributed by atoms with Gasteiger partial charge in [0, 0.05) is 42.2 Å². The van der Waals surface area contributed by atoms with Gasteiger partial charge in [0.25, 0.3) is 5.56 Å². The SMILES string of the molecule is Cc1cc(F)cc(C)c1Oc1ccc(C(C)(C)O)cc1-c1cn(C)c(=O)cc1NCC(=O)NC1CCNCC1. The van der Waals surface area contributed by atoms with Crippen molar-refractivity contribution in [3.05, 3.63) is 75.5 Å². The lowest BCUT2D eigenvalue weighted by molar-refractivity contribution is -0.120.